The number of amides is 1. The van der Waals surface area contributed by atoms with Crippen LogP contribution < -0.4 is 10.1 Å². The number of para-hydroxylation sites is 1. The number of benzene rings is 2. The lowest BCUT2D eigenvalue weighted by molar-refractivity contribution is 0.0949. The normalized spacial score (nSPS) is 10.4. The zero-order chi connectivity index (χ0) is 16.9. The number of nitrogens with zero attached hydrogens (tertiary/aromatic N) is 1. The van der Waals surface area contributed by atoms with Gasteiger partial charge in [0.25, 0.3) is 5.91 Å². The molecule has 0 aliphatic carbocycles. The summed E-state index contributed by atoms with van der Waals surface area (Å²) >= 11 is 0. The third-order valence-electron chi connectivity index (χ3n) is 3.77. The number of carbonyl (C=O) groups is 1. The van der Waals surface area contributed by atoms with Crippen LogP contribution in [0.2, 0.25) is 0 Å². The molecule has 3 rings (SSSR count). The number of aryl methyl sites for hydroxylation is 1. The van der Waals surface area contributed by atoms with Crippen molar-refractivity contribution in [2.45, 2.75) is 13.5 Å². The van der Waals surface area contributed by atoms with Crippen molar-refractivity contribution in [1.82, 2.24) is 10.5 Å². The van der Waals surface area contributed by atoms with Crippen molar-refractivity contribution in [3.8, 4) is 17.0 Å². The molecule has 0 aliphatic rings. The van der Waals surface area contributed by atoms with Gasteiger partial charge < -0.3 is 14.6 Å². The number of ether oxygens (including phenoxy) is 1. The first-order valence-corrected chi connectivity index (χ1v) is 7.62. The van der Waals surface area contributed by atoms with Crippen molar-refractivity contribution in [1.29, 1.82) is 0 Å². The minimum Gasteiger partial charge on any atom is -0.496 e. The maximum Gasteiger partial charge on any atom is 0.257 e. The molecule has 1 heterocycles. The van der Waals surface area contributed by atoms with E-state index in [1.807, 2.05) is 54.6 Å². The summed E-state index contributed by atoms with van der Waals surface area (Å²) < 4.78 is 10.5. The second-order valence-electron chi connectivity index (χ2n) is 5.32. The van der Waals surface area contributed by atoms with Crippen LogP contribution in [-0.2, 0) is 6.54 Å². The van der Waals surface area contributed by atoms with Gasteiger partial charge in [-0.05, 0) is 13.0 Å². The van der Waals surface area contributed by atoms with Crippen LogP contribution >= 0.6 is 0 Å². The van der Waals surface area contributed by atoms with E-state index in [9.17, 15) is 4.79 Å². The molecule has 122 valence electrons. The van der Waals surface area contributed by atoms with Crippen LogP contribution in [0.1, 0.15) is 21.7 Å². The highest BCUT2D eigenvalue weighted by Gasteiger charge is 2.21. The van der Waals surface area contributed by atoms with E-state index in [4.69, 9.17) is 9.26 Å². The molecule has 0 radical (unpaired) electrons. The molecule has 0 fully saturated rings. The van der Waals surface area contributed by atoms with Gasteiger partial charge >= 0.3 is 0 Å². The Balaban J connectivity index is 1.82. The van der Waals surface area contributed by atoms with Crippen LogP contribution in [0.3, 0.4) is 0 Å². The summed E-state index contributed by atoms with van der Waals surface area (Å²) in [6.45, 7) is 2.10. The van der Waals surface area contributed by atoms with Gasteiger partial charge in [0.1, 0.15) is 22.8 Å². The molecule has 0 spiro atoms. The number of hydrogen-bond acceptors (Lipinski definition) is 4. The fraction of sp³-hybridized carbons (Fsp3) is 0.158. The lowest BCUT2D eigenvalue weighted by Crippen LogP contribution is -2.24. The third-order valence-corrected chi connectivity index (χ3v) is 3.77. The van der Waals surface area contributed by atoms with E-state index in [0.29, 0.717) is 23.6 Å². The predicted octanol–water partition coefficient (Wildman–Crippen LogP) is 3.59. The Morgan fingerprint density at radius 1 is 1.12 bits per heavy atom. The summed E-state index contributed by atoms with van der Waals surface area (Å²) in [6, 6.07) is 17.1. The van der Waals surface area contributed by atoms with Crippen molar-refractivity contribution in [2.75, 3.05) is 7.11 Å². The average Bonchev–Trinajstić information content (AvgIpc) is 3.02. The molecule has 1 amide bonds. The molecule has 3 aromatic rings. The van der Waals surface area contributed by atoms with E-state index in [2.05, 4.69) is 10.5 Å². The van der Waals surface area contributed by atoms with Gasteiger partial charge in [-0.15, -0.1) is 0 Å². The quantitative estimate of drug-likeness (QED) is 0.779. The van der Waals surface area contributed by atoms with Crippen LogP contribution in [0.5, 0.6) is 5.75 Å². The number of aromatic nitrogens is 1. The first kappa shape index (κ1) is 15.8. The first-order valence-electron chi connectivity index (χ1n) is 7.62. The van der Waals surface area contributed by atoms with Gasteiger partial charge in [-0.25, -0.2) is 0 Å². The number of hydrogen-bond donors (Lipinski definition) is 1. The highest BCUT2D eigenvalue weighted by atomic mass is 16.5. The number of methoxy groups -OCH3 is 1. The molecule has 0 aliphatic heterocycles. The van der Waals surface area contributed by atoms with E-state index in [0.717, 1.165) is 16.9 Å². The van der Waals surface area contributed by atoms with E-state index >= 15 is 0 Å². The van der Waals surface area contributed by atoms with Crippen LogP contribution in [0, 0.1) is 6.92 Å². The minimum absolute atomic E-state index is 0.224. The van der Waals surface area contributed by atoms with E-state index in [1.54, 1.807) is 14.0 Å². The molecule has 0 atom stereocenters. The maximum atomic E-state index is 12.6. The highest BCUT2D eigenvalue weighted by molar-refractivity contribution is 6.00. The van der Waals surface area contributed by atoms with Gasteiger partial charge in [-0.2, -0.15) is 0 Å². The van der Waals surface area contributed by atoms with Crippen molar-refractivity contribution >= 4 is 5.91 Å². The first-order chi connectivity index (χ1) is 11.7. The van der Waals surface area contributed by atoms with Crippen molar-refractivity contribution in [3.05, 3.63) is 71.5 Å². The largest absolute Gasteiger partial charge is 0.496 e. The molecule has 2 aromatic carbocycles. The van der Waals surface area contributed by atoms with E-state index in [1.165, 1.54) is 0 Å². The zero-order valence-electron chi connectivity index (χ0n) is 13.6. The molecule has 0 saturated carbocycles. The van der Waals surface area contributed by atoms with Gasteiger partial charge in [-0.1, -0.05) is 53.7 Å². The van der Waals surface area contributed by atoms with Crippen LogP contribution in [0.15, 0.2) is 59.1 Å². The summed E-state index contributed by atoms with van der Waals surface area (Å²) in [6.07, 6.45) is 0. The zero-order valence-corrected chi connectivity index (χ0v) is 13.6. The summed E-state index contributed by atoms with van der Waals surface area (Å²) in [7, 11) is 1.61. The molecule has 0 unspecified atom stereocenters. The fourth-order valence-electron chi connectivity index (χ4n) is 2.55. The number of nitrogens with one attached hydrogen (secondary N) is 1. The van der Waals surface area contributed by atoms with E-state index in [-0.39, 0.29) is 5.91 Å². The molecule has 1 aromatic heterocycles. The van der Waals surface area contributed by atoms with Crippen LogP contribution in [0.25, 0.3) is 11.3 Å². The Kier molecular flexibility index (Phi) is 4.61. The Morgan fingerprint density at radius 3 is 2.58 bits per heavy atom. The van der Waals surface area contributed by atoms with Gasteiger partial charge in [0.05, 0.1) is 7.11 Å². The molecular formula is C19H18N2O3. The third kappa shape index (κ3) is 3.15. The van der Waals surface area contributed by atoms with Gasteiger partial charge in [0.2, 0.25) is 0 Å². The van der Waals surface area contributed by atoms with Crippen LogP contribution in [-0.4, -0.2) is 18.2 Å². The van der Waals surface area contributed by atoms with Crippen molar-refractivity contribution in [3.63, 3.8) is 0 Å². The molecule has 0 bridgehead atoms. The molecule has 5 heteroatoms. The Bertz CT molecular complexity index is 841. The predicted molar refractivity (Wildman–Crippen MR) is 90.8 cm³/mol. The number of carbonyl (C=O) groups excluding carboxylic acids is 1. The summed E-state index contributed by atoms with van der Waals surface area (Å²) in [5.74, 6) is 1.01. The molecule has 5 nitrogen and oxygen atoms in total. The Hall–Kier alpha value is -3.08. The van der Waals surface area contributed by atoms with Gasteiger partial charge in [0.15, 0.2) is 0 Å². The molecule has 0 saturated heterocycles. The SMILES string of the molecule is COc1ccccc1CNC(=O)c1c(-c2ccccc2)noc1C. The Labute approximate surface area is 140 Å². The van der Waals surface area contributed by atoms with Crippen molar-refractivity contribution < 1.29 is 14.1 Å². The summed E-state index contributed by atoms with van der Waals surface area (Å²) in [4.78, 5) is 12.6. The Morgan fingerprint density at radius 2 is 1.83 bits per heavy atom. The van der Waals surface area contributed by atoms with Gasteiger partial charge in [-0.3, -0.25) is 4.79 Å². The summed E-state index contributed by atoms with van der Waals surface area (Å²) in [5.41, 5.74) is 2.75. The maximum absolute atomic E-state index is 12.6. The molecule has 1 N–H and O–H groups in total. The average molecular weight is 322 g/mol. The van der Waals surface area contributed by atoms with Crippen molar-refractivity contribution in [2.24, 2.45) is 0 Å². The highest BCUT2D eigenvalue weighted by Crippen LogP contribution is 2.25. The second kappa shape index (κ2) is 7.00. The smallest absolute Gasteiger partial charge is 0.257 e. The molecular weight excluding hydrogens is 304 g/mol. The lowest BCUT2D eigenvalue weighted by Gasteiger charge is -2.09. The van der Waals surface area contributed by atoms with Gasteiger partial charge in [0, 0.05) is 17.7 Å². The minimum atomic E-state index is -0.224. The van der Waals surface area contributed by atoms with E-state index < -0.39 is 0 Å². The fourth-order valence-corrected chi connectivity index (χ4v) is 2.55. The van der Waals surface area contributed by atoms with Crippen LogP contribution in [0.4, 0.5) is 0 Å². The number of rotatable bonds is 5. The standard InChI is InChI=1S/C19H18N2O3/c1-13-17(18(21-24-13)14-8-4-3-5-9-14)19(22)20-12-15-10-6-7-11-16(15)23-2/h3-11H,12H2,1-2H3,(H,20,22). The summed E-state index contributed by atoms with van der Waals surface area (Å²) in [5, 5.41) is 6.94. The molecule has 24 heavy (non-hydrogen) atoms. The monoisotopic (exact) mass is 322 g/mol. The topological polar surface area (TPSA) is 64.4 Å². The lowest BCUT2D eigenvalue weighted by atomic mass is 10.1. The second-order valence-corrected chi connectivity index (χ2v) is 5.32.